The van der Waals surface area contributed by atoms with Gasteiger partial charge in [0.2, 0.25) is 10.0 Å². The minimum atomic E-state index is -3.29. The fraction of sp³-hybridized carbons (Fsp3) is 0.714. The van der Waals surface area contributed by atoms with Crippen LogP contribution in [0.15, 0.2) is 10.6 Å². The Hall–Kier alpha value is -1.41. The van der Waals surface area contributed by atoms with Gasteiger partial charge in [0, 0.05) is 31.6 Å². The van der Waals surface area contributed by atoms with Gasteiger partial charge in [0.25, 0.3) is 5.91 Å². The van der Waals surface area contributed by atoms with Crippen LogP contribution in [0.25, 0.3) is 0 Å². The van der Waals surface area contributed by atoms with Crippen molar-refractivity contribution in [3.8, 4) is 0 Å². The molecule has 22 heavy (non-hydrogen) atoms. The van der Waals surface area contributed by atoms with Crippen molar-refractivity contribution in [1.29, 1.82) is 0 Å². The molecule has 2 heterocycles. The van der Waals surface area contributed by atoms with E-state index in [0.29, 0.717) is 18.8 Å². The van der Waals surface area contributed by atoms with E-state index in [1.165, 1.54) is 4.31 Å². The van der Waals surface area contributed by atoms with Gasteiger partial charge in [-0.1, -0.05) is 25.4 Å². The zero-order chi connectivity index (χ0) is 16.2. The molecule has 0 atom stereocenters. The summed E-state index contributed by atoms with van der Waals surface area (Å²) in [6, 6.07) is 1.58. The molecular weight excluding hydrogens is 306 g/mol. The minimum absolute atomic E-state index is 0.0710. The summed E-state index contributed by atoms with van der Waals surface area (Å²) in [7, 11) is -3.29. The number of sulfonamides is 1. The Bertz CT molecular complexity index is 603. The normalized spacial score (nSPS) is 16.9. The number of hydrogen-bond acceptors (Lipinski definition) is 5. The monoisotopic (exact) mass is 329 g/mol. The zero-order valence-electron chi connectivity index (χ0n) is 13.0. The SMILES string of the molecule is CC(C)c1cc(C(=O)NCCS(=O)(=O)N2CCCCC2)no1. The maximum atomic E-state index is 12.1. The molecule has 124 valence electrons. The van der Waals surface area contributed by atoms with Crippen LogP contribution in [0.2, 0.25) is 0 Å². The molecule has 0 radical (unpaired) electrons. The van der Waals surface area contributed by atoms with Crippen molar-refractivity contribution in [2.24, 2.45) is 0 Å². The number of carbonyl (C=O) groups excluding carboxylic acids is 1. The molecular formula is C14H23N3O4S. The van der Waals surface area contributed by atoms with E-state index >= 15 is 0 Å². The molecule has 0 saturated carbocycles. The average molecular weight is 329 g/mol. The average Bonchev–Trinajstić information content (AvgIpc) is 2.98. The van der Waals surface area contributed by atoms with Gasteiger partial charge in [0.1, 0.15) is 5.76 Å². The lowest BCUT2D eigenvalue weighted by atomic mass is 10.1. The van der Waals surface area contributed by atoms with Crippen molar-refractivity contribution in [3.05, 3.63) is 17.5 Å². The van der Waals surface area contributed by atoms with Gasteiger partial charge in [-0.05, 0) is 12.8 Å². The van der Waals surface area contributed by atoms with E-state index in [0.717, 1.165) is 19.3 Å². The summed E-state index contributed by atoms with van der Waals surface area (Å²) in [6.07, 6.45) is 2.89. The molecule has 1 aliphatic rings. The second-order valence-electron chi connectivity index (χ2n) is 5.80. The maximum absolute atomic E-state index is 12.1. The Kier molecular flexibility index (Phi) is 5.57. The summed E-state index contributed by atoms with van der Waals surface area (Å²) in [6.45, 7) is 5.11. The summed E-state index contributed by atoms with van der Waals surface area (Å²) < 4.78 is 30.8. The summed E-state index contributed by atoms with van der Waals surface area (Å²) in [4.78, 5) is 11.9. The molecule has 1 fully saturated rings. The summed E-state index contributed by atoms with van der Waals surface area (Å²) in [5.74, 6) is 0.275. The molecule has 0 spiro atoms. The van der Waals surface area contributed by atoms with E-state index in [1.54, 1.807) is 6.07 Å². The lowest BCUT2D eigenvalue weighted by Crippen LogP contribution is -2.40. The number of hydrogen-bond donors (Lipinski definition) is 1. The molecule has 1 aromatic rings. The first-order valence-electron chi connectivity index (χ1n) is 7.63. The molecule has 1 saturated heterocycles. The lowest BCUT2D eigenvalue weighted by Gasteiger charge is -2.25. The van der Waals surface area contributed by atoms with Crippen LogP contribution in [-0.4, -0.2) is 49.2 Å². The van der Waals surface area contributed by atoms with E-state index in [2.05, 4.69) is 10.5 Å². The number of carbonyl (C=O) groups is 1. The molecule has 0 unspecified atom stereocenters. The predicted molar refractivity (Wildman–Crippen MR) is 82.1 cm³/mol. The second kappa shape index (κ2) is 7.23. The van der Waals surface area contributed by atoms with Gasteiger partial charge in [-0.15, -0.1) is 0 Å². The Morgan fingerprint density at radius 1 is 1.36 bits per heavy atom. The third-order valence-electron chi connectivity index (χ3n) is 3.68. The first-order valence-corrected chi connectivity index (χ1v) is 9.23. The van der Waals surface area contributed by atoms with Crippen molar-refractivity contribution < 1.29 is 17.7 Å². The van der Waals surface area contributed by atoms with Gasteiger partial charge < -0.3 is 9.84 Å². The van der Waals surface area contributed by atoms with Gasteiger partial charge in [0.15, 0.2) is 5.69 Å². The Morgan fingerprint density at radius 2 is 2.05 bits per heavy atom. The molecule has 1 amide bonds. The van der Waals surface area contributed by atoms with Crippen LogP contribution in [-0.2, 0) is 10.0 Å². The Balaban J connectivity index is 1.83. The van der Waals surface area contributed by atoms with Crippen LogP contribution >= 0.6 is 0 Å². The smallest absolute Gasteiger partial charge is 0.273 e. The molecule has 1 aromatic heterocycles. The standard InChI is InChI=1S/C14H23N3O4S/c1-11(2)13-10-12(16-21-13)14(18)15-6-9-22(19,20)17-7-4-3-5-8-17/h10-11H,3-9H2,1-2H3,(H,15,18). The predicted octanol–water partition coefficient (Wildman–Crippen LogP) is 1.34. The van der Waals surface area contributed by atoms with Gasteiger partial charge in [-0.3, -0.25) is 4.79 Å². The van der Waals surface area contributed by atoms with Crippen molar-refractivity contribution in [2.45, 2.75) is 39.0 Å². The van der Waals surface area contributed by atoms with E-state index < -0.39 is 15.9 Å². The molecule has 1 aliphatic heterocycles. The van der Waals surface area contributed by atoms with E-state index in [4.69, 9.17) is 4.52 Å². The summed E-state index contributed by atoms with van der Waals surface area (Å²) >= 11 is 0. The fourth-order valence-electron chi connectivity index (χ4n) is 2.32. The third-order valence-corrected chi connectivity index (χ3v) is 5.56. The van der Waals surface area contributed by atoms with Crippen LogP contribution in [0.4, 0.5) is 0 Å². The summed E-state index contributed by atoms with van der Waals surface area (Å²) in [5, 5.41) is 6.27. The largest absolute Gasteiger partial charge is 0.360 e. The molecule has 0 aromatic carbocycles. The number of nitrogens with zero attached hydrogens (tertiary/aromatic N) is 2. The first kappa shape index (κ1) is 17.0. The zero-order valence-corrected chi connectivity index (χ0v) is 13.9. The molecule has 0 aliphatic carbocycles. The van der Waals surface area contributed by atoms with Gasteiger partial charge in [-0.2, -0.15) is 0 Å². The fourth-order valence-corrected chi connectivity index (χ4v) is 3.76. The van der Waals surface area contributed by atoms with Gasteiger partial charge in [-0.25, -0.2) is 12.7 Å². The highest BCUT2D eigenvalue weighted by Gasteiger charge is 2.24. The molecule has 7 nitrogen and oxygen atoms in total. The number of amides is 1. The quantitative estimate of drug-likeness (QED) is 0.850. The number of piperidine rings is 1. The number of nitrogens with one attached hydrogen (secondary N) is 1. The first-order chi connectivity index (χ1) is 10.4. The van der Waals surface area contributed by atoms with Gasteiger partial charge in [0.05, 0.1) is 5.75 Å². The van der Waals surface area contributed by atoms with Crippen LogP contribution in [0.3, 0.4) is 0 Å². The molecule has 2 rings (SSSR count). The molecule has 0 bridgehead atoms. The van der Waals surface area contributed by atoms with Crippen molar-refractivity contribution >= 4 is 15.9 Å². The molecule has 1 N–H and O–H groups in total. The summed E-state index contributed by atoms with van der Waals surface area (Å²) in [5.41, 5.74) is 0.180. The lowest BCUT2D eigenvalue weighted by molar-refractivity contribution is 0.0947. The van der Waals surface area contributed by atoms with E-state index in [-0.39, 0.29) is 23.9 Å². The number of rotatable bonds is 6. The minimum Gasteiger partial charge on any atom is -0.360 e. The van der Waals surface area contributed by atoms with Crippen molar-refractivity contribution in [2.75, 3.05) is 25.4 Å². The maximum Gasteiger partial charge on any atom is 0.273 e. The van der Waals surface area contributed by atoms with E-state index in [1.807, 2.05) is 13.8 Å². The van der Waals surface area contributed by atoms with E-state index in [9.17, 15) is 13.2 Å². The van der Waals surface area contributed by atoms with Crippen molar-refractivity contribution in [1.82, 2.24) is 14.8 Å². The van der Waals surface area contributed by atoms with Gasteiger partial charge >= 0.3 is 0 Å². The third kappa shape index (κ3) is 4.30. The highest BCUT2D eigenvalue weighted by molar-refractivity contribution is 7.89. The number of aromatic nitrogens is 1. The van der Waals surface area contributed by atoms with Crippen LogP contribution in [0.1, 0.15) is 55.3 Å². The second-order valence-corrected chi connectivity index (χ2v) is 7.89. The molecule has 8 heteroatoms. The topological polar surface area (TPSA) is 92.5 Å². The van der Waals surface area contributed by atoms with Crippen molar-refractivity contribution in [3.63, 3.8) is 0 Å². The van der Waals surface area contributed by atoms with Crippen LogP contribution in [0.5, 0.6) is 0 Å². The highest BCUT2D eigenvalue weighted by atomic mass is 32.2. The highest BCUT2D eigenvalue weighted by Crippen LogP contribution is 2.15. The van der Waals surface area contributed by atoms with Crippen LogP contribution < -0.4 is 5.32 Å². The Labute approximate surface area is 131 Å². The van der Waals surface area contributed by atoms with Crippen LogP contribution in [0, 0.1) is 0 Å². The Morgan fingerprint density at radius 3 is 2.64 bits per heavy atom.